The van der Waals surface area contributed by atoms with E-state index >= 15 is 0 Å². The van der Waals surface area contributed by atoms with E-state index in [4.69, 9.17) is 14.2 Å². The van der Waals surface area contributed by atoms with Crippen LogP contribution < -0.4 is 0 Å². The first-order valence-electron chi connectivity index (χ1n) is 9.72. The lowest BCUT2D eigenvalue weighted by atomic mass is 9.78. The highest BCUT2D eigenvalue weighted by molar-refractivity contribution is 7.51. The van der Waals surface area contributed by atoms with Gasteiger partial charge in [-0.25, -0.2) is 0 Å². The molecular weight excluding hydrogens is 405 g/mol. The van der Waals surface area contributed by atoms with E-state index in [0.717, 1.165) is 17.0 Å². The van der Waals surface area contributed by atoms with Gasteiger partial charge in [0.1, 0.15) is 5.56 Å². The van der Waals surface area contributed by atoms with E-state index in [9.17, 15) is 14.5 Å². The number of fused-ring (bicyclic) bond motifs is 1. The Bertz CT molecular complexity index is 997. The number of carbonyl (C=O) groups excluding carboxylic acids is 1. The van der Waals surface area contributed by atoms with E-state index in [1.807, 2.05) is 45.9 Å². The molecule has 0 aliphatic heterocycles. The highest BCUT2D eigenvalue weighted by Gasteiger charge is 2.34. The van der Waals surface area contributed by atoms with E-state index in [0.29, 0.717) is 17.6 Å². The van der Waals surface area contributed by atoms with Crippen LogP contribution in [0.1, 0.15) is 59.9 Å². The molecule has 2 aromatic rings. The predicted octanol–water partition coefficient (Wildman–Crippen LogP) is 4.81. The van der Waals surface area contributed by atoms with Gasteiger partial charge in [0.05, 0.1) is 12.4 Å². The van der Waals surface area contributed by atoms with E-state index in [2.05, 4.69) is 4.98 Å². The molecule has 8 heteroatoms. The molecule has 0 aromatic carbocycles. The van der Waals surface area contributed by atoms with Crippen LogP contribution in [0.15, 0.2) is 52.2 Å². The summed E-state index contributed by atoms with van der Waals surface area (Å²) in [7, 11) is -4.08. The van der Waals surface area contributed by atoms with Gasteiger partial charge in [0.2, 0.25) is 0 Å². The minimum absolute atomic E-state index is 0.0347. The fraction of sp³-hybridized carbons (Fsp3) is 0.364. The number of hydrogen-bond donors (Lipinski definition) is 3. The second-order valence-corrected chi connectivity index (χ2v) is 8.92. The van der Waals surface area contributed by atoms with E-state index in [1.165, 1.54) is 12.3 Å². The summed E-state index contributed by atoms with van der Waals surface area (Å²) in [5.41, 5.74) is 4.57. The average Bonchev–Trinajstić information content (AvgIpc) is 3.04. The van der Waals surface area contributed by atoms with Gasteiger partial charge in [0, 0.05) is 28.4 Å². The van der Waals surface area contributed by atoms with Crippen molar-refractivity contribution >= 4 is 13.4 Å². The Balaban J connectivity index is 0.000000335. The Morgan fingerprint density at radius 1 is 1.20 bits per heavy atom. The van der Waals surface area contributed by atoms with Gasteiger partial charge in [0.25, 0.3) is 5.95 Å². The molecule has 1 aliphatic rings. The Morgan fingerprint density at radius 3 is 2.33 bits per heavy atom. The second-order valence-electron chi connectivity index (χ2n) is 7.22. The molecule has 3 rings (SSSR count). The van der Waals surface area contributed by atoms with Crippen molar-refractivity contribution in [3.63, 3.8) is 0 Å². The minimum Gasteiger partial charge on any atom is -0.480 e. The van der Waals surface area contributed by atoms with Gasteiger partial charge in [-0.15, -0.1) is 0 Å². The van der Waals surface area contributed by atoms with Gasteiger partial charge in [0.15, 0.2) is 5.78 Å². The molecule has 1 atom stereocenters. The van der Waals surface area contributed by atoms with Gasteiger partial charge in [-0.05, 0) is 38.8 Å². The third-order valence-corrected chi connectivity index (χ3v) is 5.60. The number of Topliss-reactive ketones (excluding diaryl/α,β-unsaturated/α-hetero) is 1. The number of hydrogen-bond acceptors (Lipinski definition) is 5. The highest BCUT2D eigenvalue weighted by Crippen LogP contribution is 2.43. The molecule has 0 radical (unpaired) electrons. The van der Waals surface area contributed by atoms with Crippen molar-refractivity contribution in [2.24, 2.45) is 0 Å². The van der Waals surface area contributed by atoms with Crippen LogP contribution in [-0.4, -0.2) is 31.8 Å². The summed E-state index contributed by atoms with van der Waals surface area (Å²) >= 11 is 0. The topological polar surface area (TPSA) is 121 Å². The zero-order valence-corrected chi connectivity index (χ0v) is 18.5. The standard InChI is InChI=1S/C15H19O6P.C7H9N/c1-3-10-9(2)12-8-21-15(17)13(12)14(16)11(10)6-4-5-7-22(18,19)20;1-6-4-3-5-7(2)8-6/h4-5,8-9,17H,3,6-7H2,1-2H3,(H2,18,19,20);3-5H,1-2H3. The van der Waals surface area contributed by atoms with E-state index in [1.54, 1.807) is 6.08 Å². The van der Waals surface area contributed by atoms with Crippen LogP contribution in [0.25, 0.3) is 0 Å². The monoisotopic (exact) mass is 433 g/mol. The predicted molar refractivity (Wildman–Crippen MR) is 115 cm³/mol. The van der Waals surface area contributed by atoms with Gasteiger partial charge in [-0.3, -0.25) is 14.3 Å². The first kappa shape index (κ1) is 23.8. The normalized spacial score (nSPS) is 16.5. The lowest BCUT2D eigenvalue weighted by molar-refractivity contribution is 0.102. The van der Waals surface area contributed by atoms with Crippen LogP contribution in [0.4, 0.5) is 0 Å². The van der Waals surface area contributed by atoms with Crippen LogP contribution in [-0.2, 0) is 4.57 Å². The number of pyridine rings is 1. The van der Waals surface area contributed by atoms with Gasteiger partial charge in [-0.1, -0.05) is 37.6 Å². The molecule has 1 aliphatic carbocycles. The fourth-order valence-corrected chi connectivity index (χ4v) is 3.91. The SMILES string of the molecule is CCC1=C(CC=CCP(=O)(O)O)C(=O)c2c(coc2O)C1C.Cc1cccc(C)n1. The molecule has 2 heterocycles. The summed E-state index contributed by atoms with van der Waals surface area (Å²) in [5.74, 6) is -0.691. The maximum Gasteiger partial charge on any atom is 0.329 e. The molecule has 7 nitrogen and oxygen atoms in total. The maximum absolute atomic E-state index is 12.5. The van der Waals surface area contributed by atoms with Crippen molar-refractivity contribution in [3.8, 4) is 5.95 Å². The maximum atomic E-state index is 12.5. The van der Waals surface area contributed by atoms with Crippen LogP contribution in [0, 0.1) is 13.8 Å². The van der Waals surface area contributed by atoms with Crippen LogP contribution in [0.3, 0.4) is 0 Å². The lowest BCUT2D eigenvalue weighted by Gasteiger charge is -2.24. The van der Waals surface area contributed by atoms with Crippen molar-refractivity contribution in [2.75, 3.05) is 6.16 Å². The molecule has 162 valence electrons. The number of carbonyl (C=O) groups is 1. The first-order chi connectivity index (χ1) is 14.0. The smallest absolute Gasteiger partial charge is 0.329 e. The van der Waals surface area contributed by atoms with Crippen LogP contribution in [0.5, 0.6) is 5.95 Å². The van der Waals surface area contributed by atoms with Gasteiger partial charge >= 0.3 is 7.60 Å². The molecule has 0 bridgehead atoms. The molecule has 0 saturated carbocycles. The lowest BCUT2D eigenvalue weighted by Crippen LogP contribution is -2.17. The summed E-state index contributed by atoms with van der Waals surface area (Å²) < 4.78 is 15.8. The molecule has 3 N–H and O–H groups in total. The highest BCUT2D eigenvalue weighted by atomic mass is 31.2. The number of rotatable bonds is 5. The summed E-state index contributed by atoms with van der Waals surface area (Å²) in [6.07, 6.45) is 4.97. The summed E-state index contributed by atoms with van der Waals surface area (Å²) in [4.78, 5) is 34.4. The van der Waals surface area contributed by atoms with Crippen LogP contribution in [0.2, 0.25) is 0 Å². The molecule has 0 fully saturated rings. The van der Waals surface area contributed by atoms with Crippen molar-refractivity contribution in [1.29, 1.82) is 0 Å². The Kier molecular flexibility index (Phi) is 7.96. The Labute approximate surface area is 176 Å². The molecular formula is C22H28NO6P. The zero-order valence-electron chi connectivity index (χ0n) is 17.6. The number of nitrogens with zero attached hydrogens (tertiary/aromatic N) is 1. The van der Waals surface area contributed by atoms with Gasteiger partial charge in [-0.2, -0.15) is 0 Å². The molecule has 0 saturated heterocycles. The minimum atomic E-state index is -4.08. The van der Waals surface area contributed by atoms with Crippen molar-refractivity contribution in [3.05, 3.63) is 70.3 Å². The first-order valence-corrected chi connectivity index (χ1v) is 11.5. The molecule has 2 aromatic heterocycles. The zero-order chi connectivity index (χ0) is 22.5. The Hall–Kier alpha value is -2.47. The summed E-state index contributed by atoms with van der Waals surface area (Å²) in [6.45, 7) is 7.88. The number of allylic oxidation sites excluding steroid dienone is 4. The number of aryl methyl sites for hydroxylation is 2. The number of ketones is 1. The largest absolute Gasteiger partial charge is 0.480 e. The van der Waals surface area contributed by atoms with Crippen molar-refractivity contribution < 1.29 is 28.7 Å². The van der Waals surface area contributed by atoms with Gasteiger partial charge < -0.3 is 19.3 Å². The van der Waals surface area contributed by atoms with Crippen LogP contribution >= 0.6 is 7.60 Å². The average molecular weight is 433 g/mol. The summed E-state index contributed by atoms with van der Waals surface area (Å²) in [6, 6.07) is 6.00. The van der Waals surface area contributed by atoms with Crippen molar-refractivity contribution in [1.82, 2.24) is 4.98 Å². The second kappa shape index (κ2) is 10.0. The van der Waals surface area contributed by atoms with E-state index < -0.39 is 7.60 Å². The number of aromatic hydroxyl groups is 1. The van der Waals surface area contributed by atoms with E-state index in [-0.39, 0.29) is 35.8 Å². The van der Waals surface area contributed by atoms with Crippen molar-refractivity contribution in [2.45, 2.75) is 46.5 Å². The quantitative estimate of drug-likeness (QED) is 0.457. The molecule has 0 spiro atoms. The molecule has 30 heavy (non-hydrogen) atoms. The summed E-state index contributed by atoms with van der Waals surface area (Å²) in [5, 5.41) is 9.71. The number of aromatic nitrogens is 1. The molecule has 0 amide bonds. The number of furan rings is 1. The third kappa shape index (κ3) is 6.02. The Morgan fingerprint density at radius 2 is 1.83 bits per heavy atom. The third-order valence-electron chi connectivity index (χ3n) is 4.92. The fourth-order valence-electron chi connectivity index (χ4n) is 3.49. The molecule has 1 unspecified atom stereocenters.